The summed E-state index contributed by atoms with van der Waals surface area (Å²) in [4.78, 5) is 2.42. The van der Waals surface area contributed by atoms with Crippen molar-refractivity contribution in [2.24, 2.45) is 5.92 Å². The van der Waals surface area contributed by atoms with Crippen LogP contribution in [0.2, 0.25) is 0 Å². The summed E-state index contributed by atoms with van der Waals surface area (Å²) >= 11 is 0. The van der Waals surface area contributed by atoms with Gasteiger partial charge in [0.15, 0.2) is 0 Å². The van der Waals surface area contributed by atoms with Gasteiger partial charge in [-0.15, -0.1) is 0 Å². The molecule has 3 nitrogen and oxygen atoms in total. The first kappa shape index (κ1) is 8.75. The minimum atomic E-state index is 0.796. The first-order valence-corrected chi connectivity index (χ1v) is 4.93. The number of aromatic nitrogens is 2. The molecule has 1 fully saturated rings. The molecular weight excluding hydrogens is 162 g/mol. The highest BCUT2D eigenvalue weighted by atomic mass is 15.1. The predicted molar refractivity (Wildman–Crippen MR) is 52.2 cm³/mol. The molecule has 3 heteroatoms. The summed E-state index contributed by atoms with van der Waals surface area (Å²) in [5.74, 6) is 0.928. The van der Waals surface area contributed by atoms with Gasteiger partial charge in [0.2, 0.25) is 0 Å². The van der Waals surface area contributed by atoms with Crippen molar-refractivity contribution in [3.63, 3.8) is 0 Å². The van der Waals surface area contributed by atoms with Gasteiger partial charge in [0, 0.05) is 24.3 Å². The molecule has 0 saturated heterocycles. The highest BCUT2D eigenvalue weighted by Gasteiger charge is 2.28. The average Bonchev–Trinajstić information content (AvgIpc) is 2.51. The molecule has 0 spiro atoms. The van der Waals surface area contributed by atoms with Gasteiger partial charge < -0.3 is 0 Å². The van der Waals surface area contributed by atoms with Crippen LogP contribution in [-0.4, -0.2) is 28.2 Å². The fourth-order valence-corrected chi connectivity index (χ4v) is 2.00. The normalized spacial score (nSPS) is 27.6. The van der Waals surface area contributed by atoms with Gasteiger partial charge in [0.05, 0.1) is 6.20 Å². The van der Waals surface area contributed by atoms with Crippen molar-refractivity contribution in [2.45, 2.75) is 32.4 Å². The molecule has 0 radical (unpaired) electrons. The Balaban J connectivity index is 1.82. The molecule has 1 aromatic rings. The maximum atomic E-state index is 3.94. The molecule has 0 bridgehead atoms. The van der Waals surface area contributed by atoms with Crippen molar-refractivity contribution in [3.8, 4) is 0 Å². The third kappa shape index (κ3) is 1.91. The van der Waals surface area contributed by atoms with Crippen LogP contribution in [0, 0.1) is 5.92 Å². The summed E-state index contributed by atoms with van der Waals surface area (Å²) < 4.78 is 0. The van der Waals surface area contributed by atoms with Crippen molar-refractivity contribution >= 4 is 0 Å². The quantitative estimate of drug-likeness (QED) is 0.765. The molecule has 1 aliphatic carbocycles. The molecule has 0 atom stereocenters. The molecule has 1 saturated carbocycles. The summed E-state index contributed by atoms with van der Waals surface area (Å²) in [5, 5.41) is 6.78. The molecule has 1 aliphatic rings. The van der Waals surface area contributed by atoms with E-state index >= 15 is 0 Å². The Bertz CT molecular complexity index is 249. The van der Waals surface area contributed by atoms with E-state index < -0.39 is 0 Å². The Hall–Kier alpha value is -0.830. The lowest BCUT2D eigenvalue weighted by Gasteiger charge is -2.39. The summed E-state index contributed by atoms with van der Waals surface area (Å²) in [6.45, 7) is 3.34. The number of hydrogen-bond donors (Lipinski definition) is 1. The molecule has 0 unspecified atom stereocenters. The fraction of sp³-hybridized carbons (Fsp3) is 0.700. The van der Waals surface area contributed by atoms with Crippen LogP contribution in [0.5, 0.6) is 0 Å². The lowest BCUT2D eigenvalue weighted by Crippen LogP contribution is -2.40. The second-order valence-corrected chi connectivity index (χ2v) is 4.25. The summed E-state index contributed by atoms with van der Waals surface area (Å²) in [6.07, 6.45) is 6.58. The zero-order valence-electron chi connectivity index (χ0n) is 8.33. The number of nitrogens with one attached hydrogen (secondary N) is 1. The number of nitrogens with zero attached hydrogens (tertiary/aromatic N) is 2. The highest BCUT2D eigenvalue weighted by molar-refractivity contribution is 5.02. The average molecular weight is 179 g/mol. The van der Waals surface area contributed by atoms with Crippen molar-refractivity contribution in [1.82, 2.24) is 15.1 Å². The van der Waals surface area contributed by atoms with E-state index in [-0.39, 0.29) is 0 Å². The van der Waals surface area contributed by atoms with Crippen LogP contribution in [-0.2, 0) is 6.54 Å². The molecule has 13 heavy (non-hydrogen) atoms. The Kier molecular flexibility index (Phi) is 2.36. The van der Waals surface area contributed by atoms with Gasteiger partial charge in [-0.1, -0.05) is 6.92 Å². The Morgan fingerprint density at radius 2 is 2.38 bits per heavy atom. The fourth-order valence-electron chi connectivity index (χ4n) is 2.00. The van der Waals surface area contributed by atoms with Crippen LogP contribution in [0.25, 0.3) is 0 Å². The van der Waals surface area contributed by atoms with E-state index in [9.17, 15) is 0 Å². The van der Waals surface area contributed by atoms with Gasteiger partial charge >= 0.3 is 0 Å². The second-order valence-electron chi connectivity index (χ2n) is 4.25. The van der Waals surface area contributed by atoms with Crippen LogP contribution < -0.4 is 0 Å². The highest BCUT2D eigenvalue weighted by Crippen LogP contribution is 2.30. The van der Waals surface area contributed by atoms with E-state index in [1.54, 1.807) is 0 Å². The number of H-pyrrole nitrogens is 1. The molecule has 1 aromatic heterocycles. The molecule has 0 amide bonds. The lowest BCUT2D eigenvalue weighted by atomic mass is 9.81. The van der Waals surface area contributed by atoms with E-state index in [1.165, 1.54) is 18.4 Å². The van der Waals surface area contributed by atoms with Gasteiger partial charge in [-0.05, 0) is 25.8 Å². The third-order valence-electron chi connectivity index (χ3n) is 2.96. The van der Waals surface area contributed by atoms with Gasteiger partial charge in [-0.3, -0.25) is 10.00 Å². The number of aromatic amines is 1. The molecule has 2 rings (SSSR count). The topological polar surface area (TPSA) is 31.9 Å². The monoisotopic (exact) mass is 179 g/mol. The minimum Gasteiger partial charge on any atom is -0.299 e. The predicted octanol–water partition coefficient (Wildman–Crippen LogP) is 1.64. The van der Waals surface area contributed by atoms with Crippen molar-refractivity contribution in [2.75, 3.05) is 7.05 Å². The van der Waals surface area contributed by atoms with Gasteiger partial charge in [0.1, 0.15) is 0 Å². The maximum Gasteiger partial charge on any atom is 0.0532 e. The molecule has 0 aliphatic heterocycles. The minimum absolute atomic E-state index is 0.796. The van der Waals surface area contributed by atoms with Gasteiger partial charge in [-0.25, -0.2) is 0 Å². The van der Waals surface area contributed by atoms with Crippen LogP contribution >= 0.6 is 0 Å². The lowest BCUT2D eigenvalue weighted by molar-refractivity contribution is 0.105. The van der Waals surface area contributed by atoms with Gasteiger partial charge in [0.25, 0.3) is 0 Å². The second kappa shape index (κ2) is 3.50. The number of hydrogen-bond acceptors (Lipinski definition) is 2. The summed E-state index contributed by atoms with van der Waals surface area (Å²) in [5.41, 5.74) is 1.28. The molecule has 0 aromatic carbocycles. The third-order valence-corrected chi connectivity index (χ3v) is 2.96. The zero-order valence-corrected chi connectivity index (χ0v) is 8.33. The SMILES string of the molecule is CC1CC(N(C)Cc2cn[nH]c2)C1. The van der Waals surface area contributed by atoms with Crippen LogP contribution in [0.3, 0.4) is 0 Å². The van der Waals surface area contributed by atoms with Crippen molar-refractivity contribution in [1.29, 1.82) is 0 Å². The van der Waals surface area contributed by atoms with Crippen LogP contribution in [0.15, 0.2) is 12.4 Å². The zero-order chi connectivity index (χ0) is 9.26. The number of rotatable bonds is 3. The largest absolute Gasteiger partial charge is 0.299 e. The first-order chi connectivity index (χ1) is 6.25. The summed E-state index contributed by atoms with van der Waals surface area (Å²) in [7, 11) is 2.20. The standard InChI is InChI=1S/C10H17N3/c1-8-3-10(4-8)13(2)7-9-5-11-12-6-9/h5-6,8,10H,3-4,7H2,1-2H3,(H,11,12). The van der Waals surface area contributed by atoms with Gasteiger partial charge in [-0.2, -0.15) is 5.10 Å². The summed E-state index contributed by atoms with van der Waals surface area (Å²) in [6, 6.07) is 0.796. The Morgan fingerprint density at radius 3 is 2.92 bits per heavy atom. The van der Waals surface area contributed by atoms with Crippen molar-refractivity contribution < 1.29 is 0 Å². The molecular formula is C10H17N3. The molecule has 72 valence electrons. The van der Waals surface area contributed by atoms with E-state index in [1.807, 2.05) is 12.4 Å². The molecule has 1 heterocycles. The van der Waals surface area contributed by atoms with Crippen molar-refractivity contribution in [3.05, 3.63) is 18.0 Å². The molecule has 1 N–H and O–H groups in total. The first-order valence-electron chi connectivity index (χ1n) is 4.93. The van der Waals surface area contributed by atoms with E-state index in [0.29, 0.717) is 0 Å². The van der Waals surface area contributed by atoms with E-state index in [4.69, 9.17) is 0 Å². The maximum absolute atomic E-state index is 3.94. The van der Waals surface area contributed by atoms with Crippen LogP contribution in [0.1, 0.15) is 25.3 Å². The van der Waals surface area contributed by atoms with Crippen LogP contribution in [0.4, 0.5) is 0 Å². The Morgan fingerprint density at radius 1 is 1.62 bits per heavy atom. The van der Waals surface area contributed by atoms with E-state index in [2.05, 4.69) is 29.1 Å². The Labute approximate surface area is 79.1 Å². The smallest absolute Gasteiger partial charge is 0.0532 e. The van der Waals surface area contributed by atoms with E-state index in [0.717, 1.165) is 18.5 Å².